The number of aromatic nitrogens is 2. The number of oxazole rings is 1. The molecule has 7 nitrogen and oxygen atoms in total. The number of hydrogen-bond donors (Lipinski definition) is 0. The van der Waals surface area contributed by atoms with E-state index >= 15 is 0 Å². The molecule has 2 aliphatic rings. The Hall–Kier alpha value is -2.50. The summed E-state index contributed by atoms with van der Waals surface area (Å²) in [6.45, 7) is 3.59. The highest BCUT2D eigenvalue weighted by atomic mass is 32.1. The molecule has 0 radical (unpaired) electrons. The minimum atomic E-state index is -4.36. The van der Waals surface area contributed by atoms with Gasteiger partial charge < -0.3 is 18.8 Å². The first-order valence-corrected chi connectivity index (χ1v) is 13.5. The van der Waals surface area contributed by atoms with E-state index < -0.39 is 12.8 Å². The highest BCUT2D eigenvalue weighted by Crippen LogP contribution is 2.31. The predicted octanol–water partition coefficient (Wildman–Crippen LogP) is 5.39. The molecule has 0 saturated carbocycles. The lowest BCUT2D eigenvalue weighted by Gasteiger charge is -2.30. The van der Waals surface area contributed by atoms with Crippen molar-refractivity contribution in [3.63, 3.8) is 0 Å². The number of fused-ring (bicyclic) bond motifs is 2. The van der Waals surface area contributed by atoms with Gasteiger partial charge >= 0.3 is 6.18 Å². The van der Waals surface area contributed by atoms with E-state index in [-0.39, 0.29) is 23.0 Å². The van der Waals surface area contributed by atoms with E-state index in [9.17, 15) is 18.0 Å². The van der Waals surface area contributed by atoms with Crippen molar-refractivity contribution < 1.29 is 31.9 Å². The van der Waals surface area contributed by atoms with Crippen LogP contribution in [0, 0.1) is 12.8 Å². The third kappa shape index (κ3) is 6.69. The molecule has 0 N–H and O–H groups in total. The molecule has 37 heavy (non-hydrogen) atoms. The van der Waals surface area contributed by atoms with Gasteiger partial charge in [0.05, 0.1) is 24.0 Å². The molecular weight excluding hydrogens is 507 g/mol. The van der Waals surface area contributed by atoms with Crippen molar-refractivity contribution in [3.05, 3.63) is 40.2 Å². The quantitative estimate of drug-likeness (QED) is 0.357. The summed E-state index contributed by atoms with van der Waals surface area (Å²) in [5, 5.41) is 0.104. The van der Waals surface area contributed by atoms with Crippen LogP contribution in [0.4, 0.5) is 13.2 Å². The number of aryl methyl sites for hydroxylation is 1. The third-order valence-corrected chi connectivity index (χ3v) is 8.04. The van der Waals surface area contributed by atoms with E-state index in [0.717, 1.165) is 55.9 Å². The maximum Gasteiger partial charge on any atom is 0.422 e. The number of rotatable bonds is 8. The lowest BCUT2D eigenvalue weighted by atomic mass is 9.90. The molecule has 1 saturated heterocycles. The molecule has 11 heteroatoms. The Morgan fingerprint density at radius 2 is 2.05 bits per heavy atom. The van der Waals surface area contributed by atoms with Gasteiger partial charge in [-0.05, 0) is 43.7 Å². The van der Waals surface area contributed by atoms with Crippen LogP contribution in [0.3, 0.4) is 0 Å². The van der Waals surface area contributed by atoms with Crippen LogP contribution < -0.4 is 4.74 Å². The van der Waals surface area contributed by atoms with E-state index in [1.54, 1.807) is 13.0 Å². The largest absolute Gasteiger partial charge is 0.460 e. The first kappa shape index (κ1) is 26.1. The minimum absolute atomic E-state index is 0.0615. The molecular formula is C26H30F3N3O4S. The standard InChI is InChI=1S/C26H30F3N3O4S/c1-16-30-21-4-2-3-19(24(21)36-16)22(33)13-17-5-6-18(34-14-17)7-10-32-11-8-20-23(9-12-32)37-25(31-20)35-15-26(27,28)29/h2-4,17-18H,5-15H2,1H3/t17-,18-/m1/s1. The summed E-state index contributed by atoms with van der Waals surface area (Å²) >= 11 is 1.22. The fourth-order valence-electron chi connectivity index (χ4n) is 5.04. The average Bonchev–Trinajstić information content (AvgIpc) is 3.39. The van der Waals surface area contributed by atoms with Gasteiger partial charge in [-0.15, -0.1) is 0 Å². The number of halogens is 3. The number of benzene rings is 1. The molecule has 4 heterocycles. The van der Waals surface area contributed by atoms with Crippen molar-refractivity contribution >= 4 is 28.2 Å². The zero-order chi connectivity index (χ0) is 26.0. The fourth-order valence-corrected chi connectivity index (χ4v) is 5.99. The Kier molecular flexibility index (Phi) is 7.83. The minimum Gasteiger partial charge on any atom is -0.460 e. The number of thiazole rings is 1. The summed E-state index contributed by atoms with van der Waals surface area (Å²) in [5.74, 6) is 0.804. The summed E-state index contributed by atoms with van der Waals surface area (Å²) in [4.78, 5) is 24.9. The first-order valence-electron chi connectivity index (χ1n) is 12.6. The summed E-state index contributed by atoms with van der Waals surface area (Å²) < 4.78 is 53.8. The fraction of sp³-hybridized carbons (Fsp3) is 0.577. The number of ketones is 1. The second-order valence-corrected chi connectivity index (χ2v) is 10.8. The van der Waals surface area contributed by atoms with Crippen LogP contribution in [-0.4, -0.2) is 65.8 Å². The van der Waals surface area contributed by atoms with E-state index in [1.165, 1.54) is 11.3 Å². The van der Waals surface area contributed by atoms with Gasteiger partial charge in [-0.25, -0.2) is 9.97 Å². The molecule has 0 bridgehead atoms. The summed E-state index contributed by atoms with van der Waals surface area (Å²) in [7, 11) is 0. The highest BCUT2D eigenvalue weighted by molar-refractivity contribution is 7.13. The molecule has 200 valence electrons. The summed E-state index contributed by atoms with van der Waals surface area (Å²) in [6, 6.07) is 5.48. The second kappa shape index (κ2) is 11.1. The van der Waals surface area contributed by atoms with Gasteiger partial charge in [0, 0.05) is 44.3 Å². The molecule has 1 fully saturated rings. The molecule has 1 aromatic carbocycles. The Labute approximate surface area is 217 Å². The number of alkyl halides is 3. The van der Waals surface area contributed by atoms with E-state index in [1.807, 2.05) is 12.1 Å². The number of carbonyl (C=O) groups is 1. The van der Waals surface area contributed by atoms with Gasteiger partial charge in [0.25, 0.3) is 5.19 Å². The van der Waals surface area contributed by atoms with Crippen LogP contribution >= 0.6 is 11.3 Å². The monoisotopic (exact) mass is 537 g/mol. The average molecular weight is 538 g/mol. The normalized spacial score (nSPS) is 21.1. The van der Waals surface area contributed by atoms with Gasteiger partial charge in [-0.1, -0.05) is 17.4 Å². The van der Waals surface area contributed by atoms with Crippen molar-refractivity contribution in [1.29, 1.82) is 0 Å². The number of carbonyl (C=O) groups excluding carboxylic acids is 1. The van der Waals surface area contributed by atoms with Gasteiger partial charge in [0.15, 0.2) is 23.9 Å². The Morgan fingerprint density at radius 3 is 2.84 bits per heavy atom. The summed E-state index contributed by atoms with van der Waals surface area (Å²) in [5.41, 5.74) is 2.70. The van der Waals surface area contributed by atoms with E-state index in [2.05, 4.69) is 14.9 Å². The first-order chi connectivity index (χ1) is 17.7. The Balaban J connectivity index is 1.04. The van der Waals surface area contributed by atoms with Crippen LogP contribution in [0.1, 0.15) is 52.5 Å². The van der Waals surface area contributed by atoms with Crippen molar-refractivity contribution in [2.45, 2.75) is 57.7 Å². The number of ether oxygens (including phenoxy) is 2. The molecule has 2 atom stereocenters. The maximum absolute atomic E-state index is 12.9. The van der Waals surface area contributed by atoms with Crippen LogP contribution in [0.5, 0.6) is 5.19 Å². The van der Waals surface area contributed by atoms with Crippen molar-refractivity contribution in [1.82, 2.24) is 14.9 Å². The molecule has 0 aliphatic carbocycles. The molecule has 5 rings (SSSR count). The van der Waals surface area contributed by atoms with Crippen LogP contribution in [0.15, 0.2) is 22.6 Å². The SMILES string of the molecule is Cc1nc2cccc(C(=O)C[C@H]3CC[C@H](CCN4CCc5nc(OCC(F)(F)F)sc5CC4)OC3)c2o1. The van der Waals surface area contributed by atoms with Gasteiger partial charge in [-0.2, -0.15) is 13.2 Å². The number of nitrogens with zero attached hydrogens (tertiary/aromatic N) is 3. The predicted molar refractivity (Wildman–Crippen MR) is 132 cm³/mol. The smallest absolute Gasteiger partial charge is 0.422 e. The van der Waals surface area contributed by atoms with Crippen LogP contribution in [-0.2, 0) is 17.6 Å². The van der Waals surface area contributed by atoms with Crippen molar-refractivity contribution in [2.24, 2.45) is 5.92 Å². The molecule has 2 aromatic heterocycles. The molecule has 0 amide bonds. The van der Waals surface area contributed by atoms with Gasteiger partial charge in [-0.3, -0.25) is 4.79 Å². The number of hydrogen-bond acceptors (Lipinski definition) is 8. The zero-order valence-corrected chi connectivity index (χ0v) is 21.5. The number of Topliss-reactive ketones (excluding diaryl/α,β-unsaturated/α-hetero) is 1. The van der Waals surface area contributed by atoms with Crippen molar-refractivity contribution in [3.8, 4) is 5.19 Å². The molecule has 3 aromatic rings. The maximum atomic E-state index is 12.9. The van der Waals surface area contributed by atoms with Gasteiger partial charge in [0.1, 0.15) is 5.52 Å². The third-order valence-electron chi connectivity index (χ3n) is 6.97. The molecule has 2 aliphatic heterocycles. The van der Waals surface area contributed by atoms with E-state index in [4.69, 9.17) is 13.9 Å². The van der Waals surface area contributed by atoms with Crippen LogP contribution in [0.2, 0.25) is 0 Å². The highest BCUT2D eigenvalue weighted by Gasteiger charge is 2.30. The Morgan fingerprint density at radius 1 is 1.22 bits per heavy atom. The lowest BCUT2D eigenvalue weighted by Crippen LogP contribution is -2.33. The van der Waals surface area contributed by atoms with E-state index in [0.29, 0.717) is 42.0 Å². The summed E-state index contributed by atoms with van der Waals surface area (Å²) in [6.07, 6.45) is 0.492. The lowest BCUT2D eigenvalue weighted by molar-refractivity contribution is -0.153. The van der Waals surface area contributed by atoms with Crippen LogP contribution in [0.25, 0.3) is 11.1 Å². The molecule has 0 unspecified atom stereocenters. The van der Waals surface area contributed by atoms with Gasteiger partial charge in [0.2, 0.25) is 0 Å². The zero-order valence-electron chi connectivity index (χ0n) is 20.7. The Bertz CT molecular complexity index is 1210. The topological polar surface area (TPSA) is 77.7 Å². The second-order valence-electron chi connectivity index (χ2n) is 9.80. The van der Waals surface area contributed by atoms with Crippen molar-refractivity contribution in [2.75, 3.05) is 32.8 Å². The molecule has 0 spiro atoms. The number of para-hydroxylation sites is 1.